The molecule has 0 amide bonds. The Hall–Kier alpha value is -2.62. The first-order valence-electron chi connectivity index (χ1n) is 5.59. The van der Waals surface area contributed by atoms with E-state index in [-0.39, 0.29) is 0 Å². The summed E-state index contributed by atoms with van der Waals surface area (Å²) in [7, 11) is 0. The van der Waals surface area contributed by atoms with Crippen LogP contribution in [0.2, 0.25) is 0 Å². The van der Waals surface area contributed by atoms with Gasteiger partial charge in [-0.1, -0.05) is 35.9 Å². The smallest absolute Gasteiger partial charge is 0.335 e. The van der Waals surface area contributed by atoms with E-state index >= 15 is 0 Å². The number of carbonyl (C=O) groups is 2. The molecule has 0 fully saturated rings. The summed E-state index contributed by atoms with van der Waals surface area (Å²) < 4.78 is 0. The summed E-state index contributed by atoms with van der Waals surface area (Å²) in [6, 6.07) is 15.0. The first kappa shape index (κ1) is 14.4. The van der Waals surface area contributed by atoms with Crippen LogP contribution in [-0.4, -0.2) is 22.2 Å². The Kier molecular flexibility index (Phi) is 5.29. The second-order valence-electron chi connectivity index (χ2n) is 3.84. The number of hydrogen-bond acceptors (Lipinski definition) is 2. The maximum Gasteiger partial charge on any atom is 0.335 e. The fraction of sp³-hybridized carbons (Fsp3) is 0.0667. The molecule has 2 rings (SSSR count). The topological polar surface area (TPSA) is 74.6 Å². The molecule has 0 heterocycles. The number of hydrogen-bond donors (Lipinski definition) is 2. The first-order chi connectivity index (χ1) is 9.00. The molecule has 2 N–H and O–H groups in total. The average molecular weight is 258 g/mol. The van der Waals surface area contributed by atoms with E-state index in [9.17, 15) is 9.59 Å². The molecular formula is C15H14O4. The molecule has 19 heavy (non-hydrogen) atoms. The summed E-state index contributed by atoms with van der Waals surface area (Å²) in [6.07, 6.45) is 0. The molecule has 0 saturated heterocycles. The minimum Gasteiger partial charge on any atom is -0.478 e. The normalized spacial score (nSPS) is 9.11. The fourth-order valence-corrected chi connectivity index (χ4v) is 1.28. The summed E-state index contributed by atoms with van der Waals surface area (Å²) in [4.78, 5) is 20.5. The lowest BCUT2D eigenvalue weighted by Crippen LogP contribution is -1.94. The Balaban J connectivity index is 0.000000191. The van der Waals surface area contributed by atoms with Crippen LogP contribution in [0.1, 0.15) is 26.3 Å². The maximum atomic E-state index is 10.3. The summed E-state index contributed by atoms with van der Waals surface area (Å²) in [5, 5.41) is 16.9. The highest BCUT2D eigenvalue weighted by Crippen LogP contribution is 2.01. The molecule has 0 unspecified atom stereocenters. The van der Waals surface area contributed by atoms with Gasteiger partial charge in [0.1, 0.15) is 0 Å². The summed E-state index contributed by atoms with van der Waals surface area (Å²) in [5.41, 5.74) is 1.74. The molecule has 0 atom stereocenters. The predicted molar refractivity (Wildman–Crippen MR) is 71.5 cm³/mol. The van der Waals surface area contributed by atoms with E-state index in [2.05, 4.69) is 0 Å². The molecule has 4 nitrogen and oxygen atoms in total. The zero-order valence-corrected chi connectivity index (χ0v) is 10.4. The lowest BCUT2D eigenvalue weighted by atomic mass is 10.2. The van der Waals surface area contributed by atoms with E-state index in [1.807, 2.05) is 6.92 Å². The van der Waals surface area contributed by atoms with Gasteiger partial charge < -0.3 is 10.2 Å². The van der Waals surface area contributed by atoms with Crippen LogP contribution in [0.15, 0.2) is 54.6 Å². The van der Waals surface area contributed by atoms with Crippen molar-refractivity contribution in [2.45, 2.75) is 6.92 Å². The minimum atomic E-state index is -0.879. The number of rotatable bonds is 2. The van der Waals surface area contributed by atoms with E-state index in [4.69, 9.17) is 10.2 Å². The Morgan fingerprint density at radius 2 is 1.16 bits per heavy atom. The van der Waals surface area contributed by atoms with Crippen LogP contribution in [-0.2, 0) is 0 Å². The van der Waals surface area contributed by atoms with Crippen molar-refractivity contribution in [2.24, 2.45) is 0 Å². The highest BCUT2D eigenvalue weighted by molar-refractivity contribution is 5.87. The van der Waals surface area contributed by atoms with Crippen molar-refractivity contribution < 1.29 is 19.8 Å². The molecule has 0 saturated carbocycles. The first-order valence-corrected chi connectivity index (χ1v) is 5.59. The second kappa shape index (κ2) is 6.96. The van der Waals surface area contributed by atoms with Crippen LogP contribution in [0.25, 0.3) is 0 Å². The quantitative estimate of drug-likeness (QED) is 0.868. The Bertz CT molecular complexity index is 544. The molecule has 0 spiro atoms. The lowest BCUT2D eigenvalue weighted by molar-refractivity contribution is 0.0686. The van der Waals surface area contributed by atoms with Crippen LogP contribution in [0.4, 0.5) is 0 Å². The predicted octanol–water partition coefficient (Wildman–Crippen LogP) is 3.08. The van der Waals surface area contributed by atoms with E-state index in [0.29, 0.717) is 11.1 Å². The lowest BCUT2D eigenvalue weighted by Gasteiger charge is -1.92. The minimum absolute atomic E-state index is 0.331. The van der Waals surface area contributed by atoms with E-state index in [0.717, 1.165) is 5.56 Å². The third-order valence-corrected chi connectivity index (χ3v) is 2.32. The summed E-state index contributed by atoms with van der Waals surface area (Å²) in [6.45, 7) is 1.92. The Morgan fingerprint density at radius 1 is 0.737 bits per heavy atom. The van der Waals surface area contributed by atoms with Crippen LogP contribution in [0, 0.1) is 6.92 Å². The van der Waals surface area contributed by atoms with Crippen molar-refractivity contribution in [1.82, 2.24) is 0 Å². The van der Waals surface area contributed by atoms with Crippen LogP contribution in [0.3, 0.4) is 0 Å². The molecule has 4 heteroatoms. The molecule has 0 aromatic heterocycles. The highest BCUT2D eigenvalue weighted by Gasteiger charge is 1.98. The molecule has 0 aliphatic rings. The SMILES string of the molecule is Cc1ccc(C(=O)O)cc1.O=C(O)c1ccccc1. The molecule has 0 aliphatic carbocycles. The second-order valence-corrected chi connectivity index (χ2v) is 3.84. The van der Waals surface area contributed by atoms with Gasteiger partial charge in [0.2, 0.25) is 0 Å². The van der Waals surface area contributed by atoms with E-state index in [1.54, 1.807) is 54.6 Å². The third kappa shape index (κ3) is 5.04. The molecule has 2 aromatic rings. The van der Waals surface area contributed by atoms with Gasteiger partial charge in [-0.2, -0.15) is 0 Å². The largest absolute Gasteiger partial charge is 0.478 e. The van der Waals surface area contributed by atoms with Crippen molar-refractivity contribution in [1.29, 1.82) is 0 Å². The molecular weight excluding hydrogens is 244 g/mol. The van der Waals surface area contributed by atoms with Gasteiger partial charge in [-0.25, -0.2) is 9.59 Å². The summed E-state index contributed by atoms with van der Waals surface area (Å²) >= 11 is 0. The molecule has 0 aliphatic heterocycles. The van der Waals surface area contributed by atoms with Gasteiger partial charge in [-0.3, -0.25) is 0 Å². The number of aryl methyl sites for hydroxylation is 1. The zero-order chi connectivity index (χ0) is 14.3. The van der Waals surface area contributed by atoms with Gasteiger partial charge in [-0.15, -0.1) is 0 Å². The summed E-state index contributed by atoms with van der Waals surface area (Å²) in [5.74, 6) is -1.75. The molecule has 0 bridgehead atoms. The van der Waals surface area contributed by atoms with Gasteiger partial charge in [0.15, 0.2) is 0 Å². The number of carboxylic acid groups (broad SMARTS) is 2. The Labute approximate surface area is 111 Å². The maximum absolute atomic E-state index is 10.3. The van der Waals surface area contributed by atoms with Gasteiger partial charge in [0, 0.05) is 0 Å². The molecule has 98 valence electrons. The van der Waals surface area contributed by atoms with Gasteiger partial charge in [0.25, 0.3) is 0 Å². The van der Waals surface area contributed by atoms with Gasteiger partial charge in [-0.05, 0) is 31.2 Å². The fourth-order valence-electron chi connectivity index (χ4n) is 1.28. The number of carboxylic acids is 2. The van der Waals surface area contributed by atoms with Crippen LogP contribution < -0.4 is 0 Å². The standard InChI is InChI=1S/C8H8O2.C7H6O2/c1-6-2-4-7(5-3-6)8(9)10;8-7(9)6-4-2-1-3-5-6/h2-5H,1H3,(H,9,10);1-5H,(H,8,9). The zero-order valence-electron chi connectivity index (χ0n) is 10.4. The average Bonchev–Trinajstić information content (AvgIpc) is 2.41. The third-order valence-electron chi connectivity index (χ3n) is 2.32. The number of benzene rings is 2. The van der Waals surface area contributed by atoms with Crippen molar-refractivity contribution in [2.75, 3.05) is 0 Å². The Morgan fingerprint density at radius 3 is 1.53 bits per heavy atom. The molecule has 2 aromatic carbocycles. The van der Waals surface area contributed by atoms with E-state index < -0.39 is 11.9 Å². The van der Waals surface area contributed by atoms with Crippen LogP contribution in [0.5, 0.6) is 0 Å². The van der Waals surface area contributed by atoms with Crippen molar-refractivity contribution in [3.63, 3.8) is 0 Å². The molecule has 0 radical (unpaired) electrons. The van der Waals surface area contributed by atoms with Crippen molar-refractivity contribution in [3.05, 3.63) is 71.3 Å². The van der Waals surface area contributed by atoms with Gasteiger partial charge in [0.05, 0.1) is 11.1 Å². The monoisotopic (exact) mass is 258 g/mol. The van der Waals surface area contributed by atoms with Crippen LogP contribution >= 0.6 is 0 Å². The highest BCUT2D eigenvalue weighted by atomic mass is 16.4. The number of aromatic carboxylic acids is 2. The van der Waals surface area contributed by atoms with Gasteiger partial charge >= 0.3 is 11.9 Å². The van der Waals surface area contributed by atoms with Crippen molar-refractivity contribution in [3.8, 4) is 0 Å². The van der Waals surface area contributed by atoms with E-state index in [1.165, 1.54) is 0 Å². The van der Waals surface area contributed by atoms with Crippen molar-refractivity contribution >= 4 is 11.9 Å².